The second-order valence-electron chi connectivity index (χ2n) is 4.57. The molecule has 0 aromatic carbocycles. The minimum absolute atomic E-state index is 0.119. The SMILES string of the molecule is CCC1CCC(NC(=O)C(C)C#N)C1C. The van der Waals surface area contributed by atoms with Crippen molar-refractivity contribution in [3.63, 3.8) is 0 Å². The minimum Gasteiger partial charge on any atom is -0.352 e. The summed E-state index contributed by atoms with van der Waals surface area (Å²) in [6, 6.07) is 2.24. The molecule has 0 radical (unpaired) electrons. The van der Waals surface area contributed by atoms with Crippen molar-refractivity contribution in [2.75, 3.05) is 0 Å². The lowest BCUT2D eigenvalue weighted by Gasteiger charge is -2.21. The van der Waals surface area contributed by atoms with Crippen molar-refractivity contribution in [3.05, 3.63) is 0 Å². The van der Waals surface area contributed by atoms with Gasteiger partial charge in [-0.25, -0.2) is 0 Å². The van der Waals surface area contributed by atoms with E-state index >= 15 is 0 Å². The molecule has 3 nitrogen and oxygen atoms in total. The predicted octanol–water partition coefficient (Wildman–Crippen LogP) is 2.09. The monoisotopic (exact) mass is 208 g/mol. The molecule has 0 bridgehead atoms. The van der Waals surface area contributed by atoms with Gasteiger partial charge in [-0.05, 0) is 31.6 Å². The first-order valence-corrected chi connectivity index (χ1v) is 5.80. The van der Waals surface area contributed by atoms with Crippen molar-refractivity contribution in [1.29, 1.82) is 5.26 Å². The second-order valence-corrected chi connectivity index (χ2v) is 4.57. The van der Waals surface area contributed by atoms with Gasteiger partial charge in [0, 0.05) is 6.04 Å². The van der Waals surface area contributed by atoms with Crippen molar-refractivity contribution in [2.45, 2.75) is 46.1 Å². The lowest BCUT2D eigenvalue weighted by Crippen LogP contribution is -2.40. The van der Waals surface area contributed by atoms with Crippen LogP contribution in [-0.4, -0.2) is 11.9 Å². The highest BCUT2D eigenvalue weighted by atomic mass is 16.1. The number of hydrogen-bond donors (Lipinski definition) is 1. The molecule has 0 aromatic heterocycles. The zero-order valence-electron chi connectivity index (χ0n) is 9.79. The standard InChI is InChI=1S/C12H20N2O/c1-4-10-5-6-11(9(10)3)14-12(15)8(2)7-13/h8-11H,4-6H2,1-3H3,(H,14,15). The molecule has 0 heterocycles. The van der Waals surface area contributed by atoms with E-state index in [1.807, 2.05) is 6.07 Å². The molecule has 4 unspecified atom stereocenters. The lowest BCUT2D eigenvalue weighted by molar-refractivity contribution is -0.123. The van der Waals surface area contributed by atoms with Crippen molar-refractivity contribution < 1.29 is 4.79 Å². The predicted molar refractivity (Wildman–Crippen MR) is 58.9 cm³/mol. The molecule has 1 amide bonds. The van der Waals surface area contributed by atoms with Crippen LogP contribution in [-0.2, 0) is 4.79 Å². The Bertz CT molecular complexity index is 269. The Morgan fingerprint density at radius 1 is 1.60 bits per heavy atom. The van der Waals surface area contributed by atoms with E-state index in [0.717, 1.165) is 12.3 Å². The number of rotatable bonds is 3. The summed E-state index contributed by atoms with van der Waals surface area (Å²) in [6.07, 6.45) is 3.44. The van der Waals surface area contributed by atoms with Crippen LogP contribution < -0.4 is 5.32 Å². The number of amides is 1. The third kappa shape index (κ3) is 2.71. The Morgan fingerprint density at radius 3 is 2.73 bits per heavy atom. The fourth-order valence-electron chi connectivity index (χ4n) is 2.39. The van der Waals surface area contributed by atoms with Gasteiger partial charge in [-0.2, -0.15) is 5.26 Å². The number of nitrogens with one attached hydrogen (secondary N) is 1. The molecule has 1 aliphatic rings. The molecular weight excluding hydrogens is 188 g/mol. The van der Waals surface area contributed by atoms with Crippen molar-refractivity contribution in [3.8, 4) is 6.07 Å². The van der Waals surface area contributed by atoms with Crippen LogP contribution in [0.25, 0.3) is 0 Å². The largest absolute Gasteiger partial charge is 0.352 e. The summed E-state index contributed by atoms with van der Waals surface area (Å²) in [7, 11) is 0. The average molecular weight is 208 g/mol. The first kappa shape index (κ1) is 12.0. The number of hydrogen-bond acceptors (Lipinski definition) is 2. The summed E-state index contributed by atoms with van der Waals surface area (Å²) < 4.78 is 0. The van der Waals surface area contributed by atoms with E-state index in [0.29, 0.717) is 5.92 Å². The number of carbonyl (C=O) groups excluding carboxylic acids is 1. The highest BCUT2D eigenvalue weighted by molar-refractivity contribution is 5.80. The highest BCUT2D eigenvalue weighted by Gasteiger charge is 2.32. The Labute approximate surface area is 91.9 Å². The highest BCUT2D eigenvalue weighted by Crippen LogP contribution is 2.33. The van der Waals surface area contributed by atoms with Gasteiger partial charge >= 0.3 is 0 Å². The maximum atomic E-state index is 11.5. The maximum Gasteiger partial charge on any atom is 0.237 e. The van der Waals surface area contributed by atoms with E-state index < -0.39 is 5.92 Å². The van der Waals surface area contributed by atoms with Crippen LogP contribution >= 0.6 is 0 Å². The van der Waals surface area contributed by atoms with Gasteiger partial charge in [0.25, 0.3) is 0 Å². The maximum absolute atomic E-state index is 11.5. The molecule has 0 aromatic rings. The van der Waals surface area contributed by atoms with Gasteiger partial charge in [0.1, 0.15) is 5.92 Å². The van der Waals surface area contributed by atoms with Crippen LogP contribution in [0.1, 0.15) is 40.0 Å². The molecule has 0 aliphatic heterocycles. The van der Waals surface area contributed by atoms with Gasteiger partial charge in [-0.3, -0.25) is 4.79 Å². The molecule has 15 heavy (non-hydrogen) atoms. The van der Waals surface area contributed by atoms with Crippen LogP contribution in [0.15, 0.2) is 0 Å². The Kier molecular flexibility index (Phi) is 4.14. The summed E-state index contributed by atoms with van der Waals surface area (Å²) in [5, 5.41) is 11.6. The zero-order chi connectivity index (χ0) is 11.4. The first-order valence-electron chi connectivity index (χ1n) is 5.80. The summed E-state index contributed by atoms with van der Waals surface area (Å²) in [5.74, 6) is 0.626. The van der Waals surface area contributed by atoms with E-state index in [2.05, 4.69) is 19.2 Å². The summed E-state index contributed by atoms with van der Waals surface area (Å²) in [4.78, 5) is 11.5. The summed E-state index contributed by atoms with van der Waals surface area (Å²) in [6.45, 7) is 6.04. The van der Waals surface area contributed by atoms with Crippen molar-refractivity contribution in [1.82, 2.24) is 5.32 Å². The Hall–Kier alpha value is -1.04. The van der Waals surface area contributed by atoms with Gasteiger partial charge in [-0.15, -0.1) is 0 Å². The normalized spacial score (nSPS) is 32.0. The molecule has 1 aliphatic carbocycles. The van der Waals surface area contributed by atoms with Crippen molar-refractivity contribution >= 4 is 5.91 Å². The summed E-state index contributed by atoms with van der Waals surface area (Å²) >= 11 is 0. The molecule has 1 fully saturated rings. The number of nitriles is 1. The minimum atomic E-state index is -0.530. The molecular formula is C12H20N2O. The molecule has 0 spiro atoms. The van der Waals surface area contributed by atoms with Crippen LogP contribution in [0.4, 0.5) is 0 Å². The smallest absolute Gasteiger partial charge is 0.237 e. The first-order chi connectivity index (χ1) is 7.10. The van der Waals surface area contributed by atoms with Crippen LogP contribution in [0.5, 0.6) is 0 Å². The van der Waals surface area contributed by atoms with Gasteiger partial charge in [0.05, 0.1) is 6.07 Å². The zero-order valence-corrected chi connectivity index (χ0v) is 9.79. The molecule has 0 saturated heterocycles. The molecule has 1 rings (SSSR count). The fraction of sp³-hybridized carbons (Fsp3) is 0.833. The van der Waals surface area contributed by atoms with E-state index in [1.54, 1.807) is 6.92 Å². The van der Waals surface area contributed by atoms with Crippen LogP contribution in [0, 0.1) is 29.1 Å². The molecule has 84 valence electrons. The Balaban J connectivity index is 2.47. The quantitative estimate of drug-likeness (QED) is 0.772. The lowest BCUT2D eigenvalue weighted by atomic mass is 9.93. The average Bonchev–Trinajstić information content (AvgIpc) is 2.58. The third-order valence-corrected chi connectivity index (χ3v) is 3.67. The van der Waals surface area contributed by atoms with E-state index in [4.69, 9.17) is 5.26 Å². The summed E-state index contributed by atoms with van der Waals surface area (Å²) in [5.41, 5.74) is 0. The van der Waals surface area contributed by atoms with Crippen molar-refractivity contribution in [2.24, 2.45) is 17.8 Å². The van der Waals surface area contributed by atoms with Crippen LogP contribution in [0.2, 0.25) is 0 Å². The van der Waals surface area contributed by atoms with Gasteiger partial charge in [0.15, 0.2) is 0 Å². The second kappa shape index (κ2) is 5.16. The van der Waals surface area contributed by atoms with E-state index in [9.17, 15) is 4.79 Å². The topological polar surface area (TPSA) is 52.9 Å². The molecule has 1 N–H and O–H groups in total. The third-order valence-electron chi connectivity index (χ3n) is 3.67. The van der Waals surface area contributed by atoms with Gasteiger partial charge < -0.3 is 5.32 Å². The van der Waals surface area contributed by atoms with Gasteiger partial charge in [-0.1, -0.05) is 20.3 Å². The van der Waals surface area contributed by atoms with E-state index in [-0.39, 0.29) is 11.9 Å². The number of nitrogens with zero attached hydrogens (tertiary/aromatic N) is 1. The molecule has 3 heteroatoms. The van der Waals surface area contributed by atoms with Gasteiger partial charge in [0.2, 0.25) is 5.91 Å². The molecule has 1 saturated carbocycles. The Morgan fingerprint density at radius 2 is 2.27 bits per heavy atom. The van der Waals surface area contributed by atoms with Crippen LogP contribution in [0.3, 0.4) is 0 Å². The molecule has 4 atom stereocenters. The number of carbonyl (C=O) groups is 1. The fourth-order valence-corrected chi connectivity index (χ4v) is 2.39. The van der Waals surface area contributed by atoms with E-state index in [1.165, 1.54) is 12.8 Å².